The fourth-order valence-corrected chi connectivity index (χ4v) is 3.64. The van der Waals surface area contributed by atoms with Crippen molar-refractivity contribution in [3.63, 3.8) is 0 Å². The fraction of sp³-hybridized carbons (Fsp3) is 0.565. The monoisotopic (exact) mass is 462 g/mol. The molecule has 5 atom stereocenters. The molecule has 0 aromatic heterocycles. The molecule has 182 valence electrons. The highest BCUT2D eigenvalue weighted by Crippen LogP contribution is 2.12. The van der Waals surface area contributed by atoms with Crippen LogP contribution in [0.15, 0.2) is 30.3 Å². The van der Waals surface area contributed by atoms with Crippen LogP contribution in [0.2, 0.25) is 0 Å². The first-order chi connectivity index (χ1) is 15.8. The van der Waals surface area contributed by atoms with Crippen LogP contribution in [0.4, 0.5) is 0 Å². The topological polar surface area (TPSA) is 157 Å². The Bertz CT molecular complexity index is 812. The van der Waals surface area contributed by atoms with Gasteiger partial charge in [0.25, 0.3) is 0 Å². The number of carboxylic acid groups (broad SMARTS) is 1. The lowest BCUT2D eigenvalue weighted by Gasteiger charge is -2.28. The van der Waals surface area contributed by atoms with Crippen molar-refractivity contribution in [2.75, 3.05) is 13.2 Å². The molecule has 2 rings (SSSR count). The Balaban J connectivity index is 2.18. The van der Waals surface area contributed by atoms with Gasteiger partial charge in [0, 0.05) is 6.42 Å². The molecule has 1 heterocycles. The Morgan fingerprint density at radius 3 is 2.27 bits per heavy atom. The van der Waals surface area contributed by atoms with Gasteiger partial charge in [0.05, 0.1) is 12.6 Å². The van der Waals surface area contributed by atoms with E-state index in [2.05, 4.69) is 21.3 Å². The van der Waals surface area contributed by atoms with Crippen molar-refractivity contribution in [1.29, 1.82) is 0 Å². The molecule has 1 aliphatic heterocycles. The summed E-state index contributed by atoms with van der Waals surface area (Å²) in [5.74, 6) is -3.10. The summed E-state index contributed by atoms with van der Waals surface area (Å²) in [4.78, 5) is 49.9. The van der Waals surface area contributed by atoms with Crippen molar-refractivity contribution in [3.05, 3.63) is 35.9 Å². The van der Waals surface area contributed by atoms with E-state index in [1.54, 1.807) is 24.3 Å². The van der Waals surface area contributed by atoms with Crippen LogP contribution in [0.25, 0.3) is 0 Å². The number of rotatable bonds is 12. The van der Waals surface area contributed by atoms with Crippen molar-refractivity contribution in [3.8, 4) is 0 Å². The molecule has 0 saturated carbocycles. The maximum Gasteiger partial charge on any atom is 0.328 e. The van der Waals surface area contributed by atoms with E-state index in [4.69, 9.17) is 5.11 Å². The standard InChI is InChI=1S/C23H34N4O6/c1-3-14(2)19(27-20(29)16-10-7-11-24-16)22(31)25-17(12-15-8-5-4-6-9-15)21(30)26-18(13-28)23(32)33/h4-6,8-9,14,16-19,24,28H,3,7,10-13H2,1-2H3,(H,25,31)(H,26,30)(H,27,29)(H,32,33). The Morgan fingerprint density at radius 1 is 1.06 bits per heavy atom. The number of carboxylic acids is 1. The van der Waals surface area contributed by atoms with Crippen molar-refractivity contribution < 1.29 is 29.4 Å². The van der Waals surface area contributed by atoms with E-state index in [0.29, 0.717) is 12.8 Å². The van der Waals surface area contributed by atoms with Crippen LogP contribution in [0.5, 0.6) is 0 Å². The van der Waals surface area contributed by atoms with E-state index in [-0.39, 0.29) is 24.3 Å². The first kappa shape index (κ1) is 26.3. The SMILES string of the molecule is CCC(C)C(NC(=O)C1CCCN1)C(=O)NC(Cc1ccccc1)C(=O)NC(CO)C(=O)O. The quantitative estimate of drug-likeness (QED) is 0.246. The lowest BCUT2D eigenvalue weighted by Crippen LogP contribution is -2.59. The summed E-state index contributed by atoms with van der Waals surface area (Å²) in [5.41, 5.74) is 0.758. The highest BCUT2D eigenvalue weighted by Gasteiger charge is 2.33. The van der Waals surface area contributed by atoms with Crippen LogP contribution in [-0.4, -0.2) is 71.2 Å². The third-order valence-corrected chi connectivity index (χ3v) is 5.88. The lowest BCUT2D eigenvalue weighted by molar-refractivity contribution is -0.143. The Labute approximate surface area is 193 Å². The molecular weight excluding hydrogens is 428 g/mol. The number of aliphatic carboxylic acids is 1. The summed E-state index contributed by atoms with van der Waals surface area (Å²) in [7, 11) is 0. The molecule has 1 saturated heterocycles. The molecule has 1 aliphatic rings. The number of nitrogens with one attached hydrogen (secondary N) is 4. The van der Waals surface area contributed by atoms with E-state index in [0.717, 1.165) is 18.5 Å². The van der Waals surface area contributed by atoms with Gasteiger partial charge in [0.15, 0.2) is 0 Å². The zero-order valence-corrected chi connectivity index (χ0v) is 19.0. The second kappa shape index (κ2) is 12.9. The molecule has 10 nitrogen and oxygen atoms in total. The molecule has 3 amide bonds. The fourth-order valence-electron chi connectivity index (χ4n) is 3.64. The third-order valence-electron chi connectivity index (χ3n) is 5.88. The molecule has 0 aliphatic carbocycles. The van der Waals surface area contributed by atoms with Crippen molar-refractivity contribution in [2.45, 2.75) is 63.7 Å². The average molecular weight is 463 g/mol. The van der Waals surface area contributed by atoms with Crippen molar-refractivity contribution in [1.82, 2.24) is 21.3 Å². The van der Waals surface area contributed by atoms with Gasteiger partial charge in [-0.05, 0) is 30.9 Å². The molecule has 0 radical (unpaired) electrons. The molecular formula is C23H34N4O6. The molecule has 33 heavy (non-hydrogen) atoms. The predicted molar refractivity (Wildman–Crippen MR) is 121 cm³/mol. The van der Waals surface area contributed by atoms with Crippen LogP contribution in [0, 0.1) is 5.92 Å². The minimum atomic E-state index is -1.49. The molecule has 1 fully saturated rings. The second-order valence-corrected chi connectivity index (χ2v) is 8.35. The average Bonchev–Trinajstić information content (AvgIpc) is 3.35. The number of benzene rings is 1. The van der Waals surface area contributed by atoms with Gasteiger partial charge in [0.2, 0.25) is 17.7 Å². The minimum Gasteiger partial charge on any atom is -0.480 e. The van der Waals surface area contributed by atoms with Crippen LogP contribution in [0.1, 0.15) is 38.7 Å². The number of carbonyl (C=O) groups excluding carboxylic acids is 3. The zero-order valence-electron chi connectivity index (χ0n) is 19.0. The summed E-state index contributed by atoms with van der Waals surface area (Å²) in [5, 5.41) is 29.3. The highest BCUT2D eigenvalue weighted by atomic mass is 16.4. The lowest BCUT2D eigenvalue weighted by atomic mass is 9.96. The van der Waals surface area contributed by atoms with Gasteiger partial charge in [0.1, 0.15) is 18.1 Å². The smallest absolute Gasteiger partial charge is 0.328 e. The summed E-state index contributed by atoms with van der Waals surface area (Å²) in [6.07, 6.45) is 2.31. The van der Waals surface area contributed by atoms with Gasteiger partial charge in [-0.1, -0.05) is 50.6 Å². The second-order valence-electron chi connectivity index (χ2n) is 8.35. The zero-order chi connectivity index (χ0) is 24.4. The molecule has 1 aromatic carbocycles. The Kier molecular flexibility index (Phi) is 10.3. The number of hydrogen-bond donors (Lipinski definition) is 6. The van der Waals surface area contributed by atoms with E-state index in [9.17, 15) is 24.3 Å². The molecule has 6 N–H and O–H groups in total. The summed E-state index contributed by atoms with van der Waals surface area (Å²) in [6.45, 7) is 3.70. The van der Waals surface area contributed by atoms with Crippen molar-refractivity contribution >= 4 is 23.7 Å². The van der Waals surface area contributed by atoms with Gasteiger partial charge in [-0.15, -0.1) is 0 Å². The van der Waals surface area contributed by atoms with Crippen LogP contribution >= 0.6 is 0 Å². The van der Waals surface area contributed by atoms with Gasteiger partial charge < -0.3 is 31.5 Å². The van der Waals surface area contributed by atoms with E-state index in [1.165, 1.54) is 0 Å². The predicted octanol–water partition coefficient (Wildman–Crippen LogP) is -0.441. The van der Waals surface area contributed by atoms with Gasteiger partial charge >= 0.3 is 5.97 Å². The summed E-state index contributed by atoms with van der Waals surface area (Å²) < 4.78 is 0. The normalized spacial score (nSPS) is 19.1. The molecule has 0 bridgehead atoms. The molecule has 10 heteroatoms. The number of aliphatic hydroxyl groups excluding tert-OH is 1. The van der Waals surface area contributed by atoms with Gasteiger partial charge in [-0.2, -0.15) is 0 Å². The molecule has 1 aromatic rings. The summed E-state index contributed by atoms with van der Waals surface area (Å²) in [6, 6.07) is 5.16. The first-order valence-electron chi connectivity index (χ1n) is 11.3. The number of hydrogen-bond acceptors (Lipinski definition) is 6. The minimum absolute atomic E-state index is 0.113. The number of carbonyl (C=O) groups is 4. The first-order valence-corrected chi connectivity index (χ1v) is 11.3. The number of aliphatic hydroxyl groups is 1. The Morgan fingerprint density at radius 2 is 1.73 bits per heavy atom. The van der Waals surface area contributed by atoms with E-state index >= 15 is 0 Å². The van der Waals surface area contributed by atoms with E-state index in [1.807, 2.05) is 19.9 Å². The summed E-state index contributed by atoms with van der Waals surface area (Å²) >= 11 is 0. The molecule has 5 unspecified atom stereocenters. The van der Waals surface area contributed by atoms with Crippen molar-refractivity contribution in [2.24, 2.45) is 5.92 Å². The maximum atomic E-state index is 13.2. The maximum absolute atomic E-state index is 13.2. The molecule has 0 spiro atoms. The van der Waals surface area contributed by atoms with Gasteiger partial charge in [-0.25, -0.2) is 4.79 Å². The highest BCUT2D eigenvalue weighted by molar-refractivity contribution is 5.94. The van der Waals surface area contributed by atoms with E-state index < -0.39 is 42.5 Å². The third kappa shape index (κ3) is 7.83. The van der Waals surface area contributed by atoms with Crippen LogP contribution < -0.4 is 21.3 Å². The van der Waals surface area contributed by atoms with Crippen LogP contribution in [0.3, 0.4) is 0 Å². The van der Waals surface area contributed by atoms with Crippen LogP contribution in [-0.2, 0) is 25.6 Å². The Hall–Kier alpha value is -2.98. The van der Waals surface area contributed by atoms with Gasteiger partial charge in [-0.3, -0.25) is 14.4 Å². The number of amides is 3. The largest absolute Gasteiger partial charge is 0.480 e.